The van der Waals surface area contributed by atoms with Gasteiger partial charge in [0.1, 0.15) is 11.4 Å². The zero-order chi connectivity index (χ0) is 23.3. The second kappa shape index (κ2) is 10.2. The lowest BCUT2D eigenvalue weighted by Crippen LogP contribution is -2.40. The lowest BCUT2D eigenvalue weighted by atomic mass is 10.2. The molecule has 0 aliphatic carbocycles. The molecule has 2 heterocycles. The molecule has 2 aromatic rings. The number of benzene rings is 1. The monoisotopic (exact) mass is 464 g/mol. The summed E-state index contributed by atoms with van der Waals surface area (Å²) in [5.41, 5.74) is -0.0612. The van der Waals surface area contributed by atoms with Gasteiger partial charge in [0.2, 0.25) is 10.0 Å². The van der Waals surface area contributed by atoms with E-state index in [-0.39, 0.29) is 41.0 Å². The van der Waals surface area contributed by atoms with Gasteiger partial charge in [-0.1, -0.05) is 6.92 Å². The van der Waals surface area contributed by atoms with Gasteiger partial charge in [0.05, 0.1) is 29.9 Å². The molecule has 0 spiro atoms. The Balaban J connectivity index is 1.94. The first-order chi connectivity index (χ1) is 15.2. The zero-order valence-electron chi connectivity index (χ0n) is 18.4. The van der Waals surface area contributed by atoms with E-state index < -0.39 is 15.9 Å². The Bertz CT molecular complexity index is 1120. The topological polar surface area (TPSA) is 120 Å². The fraction of sp³-hybridized carbons (Fsp3) is 0.476. The van der Waals surface area contributed by atoms with E-state index >= 15 is 0 Å². The third-order valence-electron chi connectivity index (χ3n) is 4.70. The predicted molar refractivity (Wildman–Crippen MR) is 119 cm³/mol. The van der Waals surface area contributed by atoms with Crippen LogP contribution in [0.1, 0.15) is 37.7 Å². The SMILES string of the molecule is CCCn1nc(C(=O)Nc2cc(S(=O)(=O)N3CCOCC3)ccc2OC(C)C)ccc1=O. The Hall–Kier alpha value is -2.76. The summed E-state index contributed by atoms with van der Waals surface area (Å²) in [5.74, 6) is -0.250. The van der Waals surface area contributed by atoms with Gasteiger partial charge in [-0.3, -0.25) is 9.59 Å². The van der Waals surface area contributed by atoms with E-state index in [0.717, 1.165) is 0 Å². The largest absolute Gasteiger partial charge is 0.489 e. The fourth-order valence-electron chi connectivity index (χ4n) is 3.19. The maximum absolute atomic E-state index is 13.0. The highest BCUT2D eigenvalue weighted by atomic mass is 32.2. The van der Waals surface area contributed by atoms with Crippen LogP contribution in [0.5, 0.6) is 5.75 Å². The molecule has 3 rings (SSSR count). The van der Waals surface area contributed by atoms with Crippen molar-refractivity contribution in [1.82, 2.24) is 14.1 Å². The van der Waals surface area contributed by atoms with E-state index in [4.69, 9.17) is 9.47 Å². The molecule has 0 unspecified atom stereocenters. The van der Waals surface area contributed by atoms with Crippen molar-refractivity contribution in [2.75, 3.05) is 31.6 Å². The Morgan fingerprint density at radius 2 is 1.94 bits per heavy atom. The van der Waals surface area contributed by atoms with Crippen LogP contribution in [0, 0.1) is 0 Å². The molecule has 0 radical (unpaired) electrons. The minimum absolute atomic E-state index is 0.0368. The molecule has 1 aromatic carbocycles. The number of aryl methyl sites for hydroxylation is 1. The van der Waals surface area contributed by atoms with E-state index in [1.54, 1.807) is 0 Å². The molecule has 174 valence electrons. The Morgan fingerprint density at radius 3 is 2.59 bits per heavy atom. The van der Waals surface area contributed by atoms with Gasteiger partial charge in [-0.15, -0.1) is 0 Å². The summed E-state index contributed by atoms with van der Waals surface area (Å²) in [7, 11) is -3.76. The van der Waals surface area contributed by atoms with Crippen LogP contribution in [-0.4, -0.2) is 60.8 Å². The standard InChI is InChI=1S/C21H28N4O6S/c1-4-9-25-20(26)8-6-17(23-25)21(27)22-18-14-16(5-7-19(18)31-15(2)3)32(28,29)24-10-12-30-13-11-24/h5-8,14-15H,4,9-13H2,1-3H3,(H,22,27). The number of rotatable bonds is 8. The second-order valence-corrected chi connectivity index (χ2v) is 9.51. The van der Waals surface area contributed by atoms with Crippen molar-refractivity contribution in [1.29, 1.82) is 0 Å². The Kier molecular flexibility index (Phi) is 7.64. The molecule has 0 atom stereocenters. The molecule has 32 heavy (non-hydrogen) atoms. The van der Waals surface area contributed by atoms with Crippen molar-refractivity contribution in [2.24, 2.45) is 0 Å². The van der Waals surface area contributed by atoms with E-state index in [1.807, 2.05) is 20.8 Å². The summed E-state index contributed by atoms with van der Waals surface area (Å²) < 4.78 is 39.7. The van der Waals surface area contributed by atoms with Crippen molar-refractivity contribution in [3.63, 3.8) is 0 Å². The van der Waals surface area contributed by atoms with Crippen LogP contribution in [0.2, 0.25) is 0 Å². The van der Waals surface area contributed by atoms with Crippen LogP contribution in [0.15, 0.2) is 40.0 Å². The summed E-state index contributed by atoms with van der Waals surface area (Å²) in [4.78, 5) is 24.8. The number of ether oxygens (including phenoxy) is 2. The van der Waals surface area contributed by atoms with E-state index in [1.165, 1.54) is 39.3 Å². The number of anilines is 1. The number of hydrogen-bond acceptors (Lipinski definition) is 7. The molecule has 11 heteroatoms. The fourth-order valence-corrected chi connectivity index (χ4v) is 4.62. The lowest BCUT2D eigenvalue weighted by molar-refractivity contribution is 0.0730. The quantitative estimate of drug-likeness (QED) is 0.631. The summed E-state index contributed by atoms with van der Waals surface area (Å²) in [6.45, 7) is 7.12. The van der Waals surface area contributed by atoms with Crippen molar-refractivity contribution in [2.45, 2.75) is 44.7 Å². The number of sulfonamides is 1. The van der Waals surface area contributed by atoms with Crippen LogP contribution in [-0.2, 0) is 21.3 Å². The van der Waals surface area contributed by atoms with Gasteiger partial charge in [-0.05, 0) is 44.5 Å². The highest BCUT2D eigenvalue weighted by Crippen LogP contribution is 2.30. The van der Waals surface area contributed by atoms with Gasteiger partial charge >= 0.3 is 0 Å². The number of amides is 1. The van der Waals surface area contributed by atoms with Crippen molar-refractivity contribution in [3.05, 3.63) is 46.4 Å². The van der Waals surface area contributed by atoms with Crippen molar-refractivity contribution in [3.8, 4) is 5.75 Å². The summed E-state index contributed by atoms with van der Waals surface area (Å²) in [6, 6.07) is 6.97. The molecule has 1 aromatic heterocycles. The minimum Gasteiger partial charge on any atom is -0.489 e. The molecular weight excluding hydrogens is 436 g/mol. The van der Waals surface area contributed by atoms with Gasteiger partial charge in [0.25, 0.3) is 11.5 Å². The maximum atomic E-state index is 13.0. The summed E-state index contributed by atoms with van der Waals surface area (Å²) >= 11 is 0. The zero-order valence-corrected chi connectivity index (χ0v) is 19.2. The average Bonchev–Trinajstić information content (AvgIpc) is 2.76. The third-order valence-corrected chi connectivity index (χ3v) is 6.60. The van der Waals surface area contributed by atoms with Gasteiger partial charge in [0.15, 0.2) is 0 Å². The molecule has 1 aliphatic heterocycles. The number of aromatic nitrogens is 2. The van der Waals surface area contributed by atoms with E-state index in [0.29, 0.717) is 31.9 Å². The Morgan fingerprint density at radius 1 is 1.22 bits per heavy atom. The molecule has 0 saturated carbocycles. The first-order valence-electron chi connectivity index (χ1n) is 10.5. The van der Waals surface area contributed by atoms with E-state index in [2.05, 4.69) is 10.4 Å². The molecule has 1 fully saturated rings. The van der Waals surface area contributed by atoms with Crippen LogP contribution in [0.4, 0.5) is 5.69 Å². The smallest absolute Gasteiger partial charge is 0.276 e. The molecule has 1 amide bonds. The number of carbonyl (C=O) groups excluding carboxylic acids is 1. The van der Waals surface area contributed by atoms with Gasteiger partial charge in [-0.2, -0.15) is 9.40 Å². The first kappa shape index (κ1) is 23.9. The molecule has 0 bridgehead atoms. The first-order valence-corrected chi connectivity index (χ1v) is 11.9. The van der Waals surface area contributed by atoms with Crippen LogP contribution < -0.4 is 15.6 Å². The van der Waals surface area contributed by atoms with Gasteiger partial charge in [0, 0.05) is 25.7 Å². The number of nitrogens with one attached hydrogen (secondary N) is 1. The second-order valence-electron chi connectivity index (χ2n) is 7.58. The highest BCUT2D eigenvalue weighted by Gasteiger charge is 2.27. The molecule has 1 saturated heterocycles. The molecular formula is C21H28N4O6S. The van der Waals surface area contributed by atoms with Crippen molar-refractivity contribution >= 4 is 21.6 Å². The van der Waals surface area contributed by atoms with Gasteiger partial charge in [-0.25, -0.2) is 13.1 Å². The van der Waals surface area contributed by atoms with Crippen molar-refractivity contribution < 1.29 is 22.7 Å². The number of carbonyl (C=O) groups is 1. The lowest BCUT2D eigenvalue weighted by Gasteiger charge is -2.26. The summed E-state index contributed by atoms with van der Waals surface area (Å²) in [6.07, 6.45) is 0.489. The average molecular weight is 465 g/mol. The van der Waals surface area contributed by atoms with E-state index in [9.17, 15) is 18.0 Å². The maximum Gasteiger partial charge on any atom is 0.276 e. The number of morpholine rings is 1. The number of hydrogen-bond donors (Lipinski definition) is 1. The predicted octanol–water partition coefficient (Wildman–Crippen LogP) is 1.71. The van der Waals surface area contributed by atoms with Crippen LogP contribution >= 0.6 is 0 Å². The molecule has 1 aliphatic rings. The van der Waals surface area contributed by atoms with Crippen LogP contribution in [0.3, 0.4) is 0 Å². The van der Waals surface area contributed by atoms with Crippen LogP contribution in [0.25, 0.3) is 0 Å². The molecule has 10 nitrogen and oxygen atoms in total. The minimum atomic E-state index is -3.76. The summed E-state index contributed by atoms with van der Waals surface area (Å²) in [5, 5.41) is 6.79. The number of nitrogens with zero attached hydrogens (tertiary/aromatic N) is 3. The molecule has 1 N–H and O–H groups in total. The Labute approximate surface area is 187 Å². The van der Waals surface area contributed by atoms with Gasteiger partial charge < -0.3 is 14.8 Å². The third kappa shape index (κ3) is 5.53. The highest BCUT2D eigenvalue weighted by molar-refractivity contribution is 7.89. The normalized spacial score (nSPS) is 15.0.